The minimum Gasteiger partial charge on any atom is -0.508 e. The van der Waals surface area contributed by atoms with Gasteiger partial charge in [-0.3, -0.25) is 86.3 Å². The van der Waals surface area contributed by atoms with E-state index in [-0.39, 0.29) is 75.6 Å². The zero-order valence-corrected chi connectivity index (χ0v) is 77.2. The van der Waals surface area contributed by atoms with Crippen molar-refractivity contribution in [3.05, 3.63) is 162 Å². The Morgan fingerprint density at radius 1 is 0.463 bits per heavy atom. The molecule has 16 amide bonds. The molecule has 9 rings (SSSR count). The number of Topliss-reactive ketones (excluding diaryl/α,β-unsaturated/α-hetero) is 1. The number of H-pyrrole nitrogens is 1. The summed E-state index contributed by atoms with van der Waals surface area (Å²) in [6, 6.07) is 15.4. The summed E-state index contributed by atoms with van der Waals surface area (Å²) < 4.78 is 0. The summed E-state index contributed by atoms with van der Waals surface area (Å²) in [4.78, 5) is 267. The van der Waals surface area contributed by atoms with E-state index >= 15 is 33.6 Å². The maximum Gasteiger partial charge on any atom is 0.305 e. The van der Waals surface area contributed by atoms with Crippen LogP contribution in [0.3, 0.4) is 0 Å². The number of ketones is 1. The van der Waals surface area contributed by atoms with Crippen LogP contribution in [0.4, 0.5) is 0 Å². The number of fused-ring (bicyclic) bond motifs is 3. The van der Waals surface area contributed by atoms with Gasteiger partial charge in [0.2, 0.25) is 94.5 Å². The second-order valence-electron chi connectivity index (χ2n) is 35.7. The number of thioether (sulfide) groups is 1. The Kier molecular flexibility index (Phi) is 38.3. The molecule has 3 saturated heterocycles. The number of nitrogens with one attached hydrogen (secondary N) is 13. The van der Waals surface area contributed by atoms with Gasteiger partial charge in [0.15, 0.2) is 5.78 Å². The van der Waals surface area contributed by atoms with Crippen LogP contribution in [0.15, 0.2) is 140 Å². The molecule has 3 fully saturated rings. The van der Waals surface area contributed by atoms with E-state index in [0.29, 0.717) is 51.3 Å². The Balaban J connectivity index is 1.09. The van der Waals surface area contributed by atoms with E-state index in [1.165, 1.54) is 54.8 Å². The lowest BCUT2D eigenvalue weighted by Gasteiger charge is -2.43. The highest BCUT2D eigenvalue weighted by molar-refractivity contribution is 8.00. The molecule has 5 aromatic carbocycles. The minimum atomic E-state index is -2.06. The molecular weight excluding hydrogens is 1750 g/mol. The lowest BCUT2D eigenvalue weighted by atomic mass is 9.88. The summed E-state index contributed by atoms with van der Waals surface area (Å²) in [5.74, 6) is -22.9. The van der Waals surface area contributed by atoms with Gasteiger partial charge in [0.1, 0.15) is 84.3 Å². The molecule has 15 atom stereocenters. The van der Waals surface area contributed by atoms with E-state index in [0.717, 1.165) is 11.1 Å². The van der Waals surface area contributed by atoms with Crippen molar-refractivity contribution >= 4 is 129 Å². The summed E-state index contributed by atoms with van der Waals surface area (Å²) in [5, 5.41) is 63.5. The lowest BCUT2D eigenvalue weighted by molar-refractivity contribution is -0.154. The van der Waals surface area contributed by atoms with Crippen LogP contribution in [0.1, 0.15) is 136 Å². The largest absolute Gasteiger partial charge is 0.508 e. The van der Waals surface area contributed by atoms with Crippen LogP contribution in [0.2, 0.25) is 0 Å². The molecule has 0 bridgehead atoms. The maximum atomic E-state index is 15.5. The van der Waals surface area contributed by atoms with Gasteiger partial charge in [-0.15, -0.1) is 11.8 Å². The first-order valence-electron chi connectivity index (χ1n) is 44.9. The third kappa shape index (κ3) is 30.0. The number of aromatic nitrogens is 1. The van der Waals surface area contributed by atoms with E-state index in [9.17, 15) is 68.1 Å². The lowest BCUT2D eigenvalue weighted by Crippen LogP contribution is -2.63. The SMILES string of the molecule is CC(C)C[C@@H]1NC(=O)[C@H](CC(N)=O)CC(=O)[C@H]2CCN2C(=O)[C@H]2CCCN2C(=O)C(C(C)C)NC(=O)[C@H](Cc2ccc(-c3ccccc3)cc2)NC(=O)[C@H](CC(C)C)NC(=O)[C@H](Cc2c[nH]c3ccccc23)NC(=O)[C@H](CC(=O)O)NC(=O)[C@H](Cc2ccc(O)cc2)NC(=O)[C@H](Cc2ccccc2)NC(=O)CSC[C@@H](C(=O)N[C@@H](C)C(N)=O)NC(=O)[C@H](CO)NC(=O)C(C(C)C)NC1=O. The van der Waals surface area contributed by atoms with Crippen LogP contribution in [-0.4, -0.2) is 252 Å². The van der Waals surface area contributed by atoms with Crippen LogP contribution in [-0.2, 0) is 112 Å². The van der Waals surface area contributed by atoms with Gasteiger partial charge in [-0.1, -0.05) is 171 Å². The second kappa shape index (κ2) is 49.2. The van der Waals surface area contributed by atoms with Gasteiger partial charge in [-0.05, 0) is 114 Å². The number of benzene rings is 5. The summed E-state index contributed by atoms with van der Waals surface area (Å²) in [7, 11) is 0. The fraction of sp³-hybridized carbons (Fsp3) is 0.474. The van der Waals surface area contributed by atoms with Crippen molar-refractivity contribution < 1.29 is 102 Å². The molecule has 1 aromatic heterocycles. The Bertz CT molecular complexity index is 5210. The molecule has 3 aliphatic rings. The van der Waals surface area contributed by atoms with Crippen molar-refractivity contribution in [1.29, 1.82) is 0 Å². The zero-order chi connectivity index (χ0) is 97.9. The number of aliphatic hydroxyl groups is 1. The number of carboxylic acid groups (broad SMARTS) is 1. The highest BCUT2D eigenvalue weighted by atomic mass is 32.2. The number of carbonyl (C=O) groups excluding carboxylic acids is 17. The molecule has 0 saturated carbocycles. The third-order valence-corrected chi connectivity index (χ3v) is 24.5. The number of nitrogens with zero attached hydrogens (tertiary/aromatic N) is 2. The van der Waals surface area contributed by atoms with Gasteiger partial charge >= 0.3 is 5.97 Å². The molecule has 720 valence electrons. The monoisotopic (exact) mass is 1870 g/mol. The van der Waals surface area contributed by atoms with Gasteiger partial charge < -0.3 is 105 Å². The molecule has 39 heteroatoms. The van der Waals surface area contributed by atoms with Crippen LogP contribution in [0, 0.1) is 29.6 Å². The summed E-state index contributed by atoms with van der Waals surface area (Å²) >= 11 is 0.712. The molecular formula is C95H123N17O21S. The number of carboxylic acids is 1. The molecule has 20 N–H and O–H groups in total. The van der Waals surface area contributed by atoms with Crippen molar-refractivity contribution in [2.75, 3.05) is 31.2 Å². The Labute approximate surface area is 780 Å². The molecule has 0 spiro atoms. The number of aromatic amines is 1. The van der Waals surface area contributed by atoms with Crippen molar-refractivity contribution in [2.45, 2.75) is 224 Å². The molecule has 3 aliphatic heterocycles. The molecule has 38 nitrogen and oxygen atoms in total. The maximum absolute atomic E-state index is 15.5. The number of primary amides is 2. The predicted molar refractivity (Wildman–Crippen MR) is 495 cm³/mol. The standard InChI is InChI=1S/C95H123N17O21S/c1-50(2)37-65-84(122)104-69(40-56-26-30-59(31-27-56)58-21-14-11-15-22-58)90(128)110-81(53(7)8)95(133)111-35-18-25-75(111)94(132)112-36-34-74(112)76(115)43-60(44-77(96)116)83(121)101-66(38-51(3)4)89(127)109-80(52(5)6)93(131)107-72(47-113)91(129)108-73(92(130)99-54(9)82(97)120)48-134-49-78(117)100-67(39-55-19-12-10-13-20-55)85(123)103-68(41-57-28-32-62(114)33-29-57)86(124)106-71(45-79(118)119)88(126)105-70(87(125)102-65)42-61-46-98-64-24-17-16-23-63(61)64/h10-17,19-24,26-33,46,50-54,60,65-75,80-81,98,113-114H,18,25,34-45,47-49H2,1-9H3,(H2,96,116)(H2,97,120)(H,99,130)(H,100,117)(H,101,121)(H,102,125)(H,103,123)(H,104,122)(H,105,126)(H,106,124)(H,107,131)(H,108,129)(H,109,127)(H,110,128)(H,118,119)/t54-,60-,65-,66-,67-,68-,69-,70-,71-,72-,73-,74+,75+,80?,81?/m0/s1. The van der Waals surface area contributed by atoms with E-state index < -0.39 is 252 Å². The topological polar surface area (TPSA) is 587 Å². The van der Waals surface area contributed by atoms with Crippen molar-refractivity contribution in [3.63, 3.8) is 0 Å². The van der Waals surface area contributed by atoms with Gasteiger partial charge in [-0.25, -0.2) is 0 Å². The number of aliphatic carboxylic acids is 1. The van der Waals surface area contributed by atoms with Crippen LogP contribution >= 0.6 is 11.8 Å². The van der Waals surface area contributed by atoms with Crippen molar-refractivity contribution in [1.82, 2.24) is 78.6 Å². The smallest absolute Gasteiger partial charge is 0.305 e. The number of aromatic hydroxyl groups is 1. The number of hydrogen-bond donors (Lipinski definition) is 18. The summed E-state index contributed by atoms with van der Waals surface area (Å²) in [6.45, 7) is 13.5. The number of carbonyl (C=O) groups is 18. The zero-order valence-electron chi connectivity index (χ0n) is 76.4. The first kappa shape index (κ1) is 104. The molecule has 0 radical (unpaired) electrons. The average molecular weight is 1870 g/mol. The highest BCUT2D eigenvalue weighted by Gasteiger charge is 2.48. The quantitative estimate of drug-likeness (QED) is 0.0422. The fourth-order valence-corrected chi connectivity index (χ4v) is 17.0. The number of hydrogen-bond acceptors (Lipinski definition) is 21. The van der Waals surface area contributed by atoms with E-state index in [4.69, 9.17) is 11.5 Å². The molecule has 134 heavy (non-hydrogen) atoms. The van der Waals surface area contributed by atoms with Crippen molar-refractivity contribution in [3.8, 4) is 16.9 Å². The normalized spacial score (nSPS) is 24.3. The molecule has 0 aliphatic carbocycles. The van der Waals surface area contributed by atoms with Gasteiger partial charge in [0.25, 0.3) is 0 Å². The number of aliphatic hydroxyl groups excluding tert-OH is 1. The van der Waals surface area contributed by atoms with E-state index in [1.54, 1.807) is 114 Å². The first-order chi connectivity index (χ1) is 63.6. The van der Waals surface area contributed by atoms with E-state index in [2.05, 4.69) is 68.8 Å². The van der Waals surface area contributed by atoms with Crippen LogP contribution in [0.25, 0.3) is 22.0 Å². The molecule has 4 heterocycles. The predicted octanol–water partition coefficient (Wildman–Crippen LogP) is 0.795. The number of para-hydroxylation sites is 1. The molecule has 6 aromatic rings. The van der Waals surface area contributed by atoms with Crippen LogP contribution in [0.5, 0.6) is 5.75 Å². The van der Waals surface area contributed by atoms with Gasteiger partial charge in [0.05, 0.1) is 30.7 Å². The Morgan fingerprint density at radius 3 is 1.47 bits per heavy atom. The number of phenols is 1. The number of phenolic OH excluding ortho intramolecular Hbond substituents is 1. The number of rotatable bonds is 23. The fourth-order valence-electron chi connectivity index (χ4n) is 16.1. The van der Waals surface area contributed by atoms with Crippen LogP contribution < -0.4 is 75.3 Å². The Morgan fingerprint density at radius 2 is 0.925 bits per heavy atom. The summed E-state index contributed by atoms with van der Waals surface area (Å²) in [6.07, 6.45) is -1.82. The number of amides is 16. The number of nitrogens with two attached hydrogens (primary N) is 2. The summed E-state index contributed by atoms with van der Waals surface area (Å²) in [5.41, 5.74) is 15.3. The van der Waals surface area contributed by atoms with E-state index in [1.807, 2.05) is 42.5 Å². The van der Waals surface area contributed by atoms with Gasteiger partial charge in [-0.2, -0.15) is 0 Å². The van der Waals surface area contributed by atoms with Gasteiger partial charge in [0, 0.05) is 74.5 Å². The molecule has 2 unspecified atom stereocenters. The highest BCUT2D eigenvalue weighted by Crippen LogP contribution is 2.31. The third-order valence-electron chi connectivity index (χ3n) is 23.5. The van der Waals surface area contributed by atoms with Crippen molar-refractivity contribution in [2.24, 2.45) is 41.1 Å². The average Bonchev–Trinajstić information content (AvgIpc) is 1.46. The second-order valence-corrected chi connectivity index (χ2v) is 36.7. The first-order valence-corrected chi connectivity index (χ1v) is 46.1. The minimum absolute atomic E-state index is 0.0283. The Hall–Kier alpha value is -13.6.